The molecule has 0 atom stereocenters. The summed E-state index contributed by atoms with van der Waals surface area (Å²) in [7, 11) is -3.60. The first-order chi connectivity index (χ1) is 14.9. The topological polar surface area (TPSA) is 133 Å². The van der Waals surface area contributed by atoms with Crippen LogP contribution in [0.5, 0.6) is 0 Å². The Kier molecular flexibility index (Phi) is 5.83. The van der Waals surface area contributed by atoms with Crippen molar-refractivity contribution >= 4 is 33.4 Å². The van der Waals surface area contributed by atoms with Gasteiger partial charge in [-0.2, -0.15) is 4.98 Å². The quantitative estimate of drug-likeness (QED) is 0.489. The van der Waals surface area contributed by atoms with Crippen molar-refractivity contribution in [2.75, 3.05) is 23.7 Å². The summed E-state index contributed by atoms with van der Waals surface area (Å²) in [5.74, 6) is 0.0446. The molecular weight excluding hydrogens is 418 g/mol. The lowest BCUT2D eigenvalue weighted by Crippen LogP contribution is -2.26. The van der Waals surface area contributed by atoms with Crippen molar-refractivity contribution in [3.05, 3.63) is 60.3 Å². The van der Waals surface area contributed by atoms with Gasteiger partial charge in [0.15, 0.2) is 0 Å². The Morgan fingerprint density at radius 3 is 2.68 bits per heavy atom. The predicted octanol–water partition coefficient (Wildman–Crippen LogP) is 2.61. The minimum Gasteiger partial charge on any atom is -0.481 e. The number of fused-ring (bicyclic) bond motifs is 4. The van der Waals surface area contributed by atoms with Crippen molar-refractivity contribution in [2.24, 2.45) is 0 Å². The average molecular weight is 439 g/mol. The third-order valence-electron chi connectivity index (χ3n) is 4.75. The van der Waals surface area contributed by atoms with Crippen molar-refractivity contribution in [2.45, 2.75) is 17.7 Å². The number of rotatable bonds is 3. The van der Waals surface area contributed by atoms with E-state index in [1.165, 1.54) is 12.1 Å². The monoisotopic (exact) mass is 439 g/mol. The average Bonchev–Trinajstić information content (AvgIpc) is 2.74. The first-order valence-corrected chi connectivity index (χ1v) is 11.2. The Balaban J connectivity index is 1.68. The molecule has 4 N–H and O–H groups in total. The number of carboxylic acids is 1. The first kappa shape index (κ1) is 20.8. The van der Waals surface area contributed by atoms with E-state index in [-0.39, 0.29) is 17.9 Å². The molecule has 0 saturated carbocycles. The molecule has 3 aromatic rings. The summed E-state index contributed by atoms with van der Waals surface area (Å²) in [4.78, 5) is 20.0. The molecule has 4 bridgehead atoms. The fourth-order valence-corrected chi connectivity index (χ4v) is 4.34. The Morgan fingerprint density at radius 1 is 1.10 bits per heavy atom. The zero-order valence-electron chi connectivity index (χ0n) is 16.5. The van der Waals surface area contributed by atoms with Gasteiger partial charge in [0, 0.05) is 30.5 Å². The van der Waals surface area contributed by atoms with Crippen LogP contribution in [0, 0.1) is 0 Å². The van der Waals surface area contributed by atoms with Gasteiger partial charge in [-0.25, -0.2) is 18.1 Å². The Morgan fingerprint density at radius 2 is 1.90 bits per heavy atom. The Hall–Kier alpha value is -3.50. The normalized spacial score (nSPS) is 15.4. The van der Waals surface area contributed by atoms with Gasteiger partial charge in [-0.15, -0.1) is 0 Å². The molecule has 0 fully saturated rings. The minimum absolute atomic E-state index is 0.0419. The molecule has 0 unspecified atom stereocenters. The molecule has 10 heteroatoms. The van der Waals surface area contributed by atoms with Gasteiger partial charge in [0.2, 0.25) is 16.0 Å². The molecule has 9 nitrogen and oxygen atoms in total. The maximum absolute atomic E-state index is 12.5. The highest BCUT2D eigenvalue weighted by Crippen LogP contribution is 2.28. The van der Waals surface area contributed by atoms with Crippen LogP contribution in [-0.4, -0.2) is 42.6 Å². The molecule has 160 valence electrons. The second-order valence-electron chi connectivity index (χ2n) is 7.05. The molecule has 1 aliphatic heterocycles. The maximum Gasteiger partial charge on any atom is 0.307 e. The summed E-state index contributed by atoms with van der Waals surface area (Å²) in [6.07, 6.45) is 2.20. The van der Waals surface area contributed by atoms with Gasteiger partial charge in [0.1, 0.15) is 5.82 Å². The van der Waals surface area contributed by atoms with Crippen LogP contribution in [0.4, 0.5) is 17.5 Å². The van der Waals surface area contributed by atoms with Crippen molar-refractivity contribution in [1.82, 2.24) is 14.7 Å². The number of hydrogen-bond donors (Lipinski definition) is 4. The number of hydrogen-bond acceptors (Lipinski definition) is 7. The number of sulfonamides is 1. The fourth-order valence-electron chi connectivity index (χ4n) is 3.22. The summed E-state index contributed by atoms with van der Waals surface area (Å²) >= 11 is 0. The van der Waals surface area contributed by atoms with Crippen LogP contribution in [0.1, 0.15) is 12.0 Å². The first-order valence-electron chi connectivity index (χ1n) is 9.69. The van der Waals surface area contributed by atoms with Gasteiger partial charge in [-0.1, -0.05) is 30.3 Å². The number of anilines is 3. The fraction of sp³-hybridized carbons (Fsp3) is 0.190. The van der Waals surface area contributed by atoms with E-state index in [4.69, 9.17) is 5.11 Å². The van der Waals surface area contributed by atoms with Crippen LogP contribution >= 0.6 is 0 Å². The molecule has 2 aromatic carbocycles. The van der Waals surface area contributed by atoms with Crippen LogP contribution in [0.3, 0.4) is 0 Å². The number of aliphatic carboxylic acids is 1. The molecule has 2 heterocycles. The van der Waals surface area contributed by atoms with Crippen LogP contribution < -0.4 is 15.4 Å². The molecule has 31 heavy (non-hydrogen) atoms. The third kappa shape index (κ3) is 4.98. The maximum atomic E-state index is 12.5. The summed E-state index contributed by atoms with van der Waals surface area (Å²) < 4.78 is 27.5. The van der Waals surface area contributed by atoms with E-state index in [2.05, 4.69) is 25.3 Å². The van der Waals surface area contributed by atoms with Crippen LogP contribution in [-0.2, 0) is 21.2 Å². The van der Waals surface area contributed by atoms with E-state index in [1.807, 2.05) is 12.1 Å². The SMILES string of the molecule is O=C(O)Cc1ccc(-c2cnc3nc2NCCCNS(=O)(=O)c2cccc(c2)N3)cc1. The van der Waals surface area contributed by atoms with E-state index >= 15 is 0 Å². The van der Waals surface area contributed by atoms with Crippen molar-refractivity contribution in [1.29, 1.82) is 0 Å². The molecule has 1 aromatic heterocycles. The highest BCUT2D eigenvalue weighted by atomic mass is 32.2. The lowest BCUT2D eigenvalue weighted by Gasteiger charge is -2.13. The second-order valence-corrected chi connectivity index (χ2v) is 8.82. The summed E-state index contributed by atoms with van der Waals surface area (Å²) in [5.41, 5.74) is 2.86. The zero-order chi connectivity index (χ0) is 21.8. The summed E-state index contributed by atoms with van der Waals surface area (Å²) in [6, 6.07) is 13.7. The van der Waals surface area contributed by atoms with E-state index in [9.17, 15) is 13.2 Å². The molecule has 4 rings (SSSR count). The van der Waals surface area contributed by atoms with Crippen LogP contribution in [0.15, 0.2) is 59.6 Å². The van der Waals surface area contributed by atoms with Crippen molar-refractivity contribution < 1.29 is 18.3 Å². The van der Waals surface area contributed by atoms with E-state index < -0.39 is 16.0 Å². The third-order valence-corrected chi connectivity index (χ3v) is 6.21. The van der Waals surface area contributed by atoms with Gasteiger partial charge in [0.05, 0.1) is 11.3 Å². The molecule has 0 aliphatic carbocycles. The van der Waals surface area contributed by atoms with Gasteiger partial charge < -0.3 is 15.7 Å². The van der Waals surface area contributed by atoms with E-state index in [0.717, 1.165) is 11.1 Å². The number of nitrogens with one attached hydrogen (secondary N) is 3. The molecular formula is C21H21N5O4S. The number of nitrogens with zero attached hydrogens (tertiary/aromatic N) is 2. The van der Waals surface area contributed by atoms with E-state index in [0.29, 0.717) is 36.0 Å². The van der Waals surface area contributed by atoms with Crippen LogP contribution in [0.2, 0.25) is 0 Å². The van der Waals surface area contributed by atoms with Crippen LogP contribution in [0.25, 0.3) is 11.1 Å². The van der Waals surface area contributed by atoms with Gasteiger partial charge in [-0.05, 0) is 35.7 Å². The van der Waals surface area contributed by atoms with Gasteiger partial charge in [0.25, 0.3) is 0 Å². The summed E-state index contributed by atoms with van der Waals surface area (Å²) in [6.45, 7) is 0.783. The molecule has 0 amide bonds. The summed E-state index contributed by atoms with van der Waals surface area (Å²) in [5, 5.41) is 15.2. The lowest BCUT2D eigenvalue weighted by atomic mass is 10.0. The van der Waals surface area contributed by atoms with Gasteiger partial charge in [-0.3, -0.25) is 4.79 Å². The highest BCUT2D eigenvalue weighted by molar-refractivity contribution is 7.89. The second kappa shape index (κ2) is 8.70. The molecule has 0 radical (unpaired) electrons. The highest BCUT2D eigenvalue weighted by Gasteiger charge is 2.16. The number of carboxylic acid groups (broad SMARTS) is 1. The smallest absolute Gasteiger partial charge is 0.307 e. The zero-order valence-corrected chi connectivity index (χ0v) is 17.3. The molecule has 0 spiro atoms. The van der Waals surface area contributed by atoms with E-state index in [1.54, 1.807) is 30.5 Å². The van der Waals surface area contributed by atoms with Gasteiger partial charge >= 0.3 is 5.97 Å². The predicted molar refractivity (Wildman–Crippen MR) is 117 cm³/mol. The Labute approximate surface area is 179 Å². The molecule has 0 saturated heterocycles. The number of benzene rings is 2. The van der Waals surface area contributed by atoms with Crippen molar-refractivity contribution in [3.63, 3.8) is 0 Å². The Bertz CT molecular complexity index is 1210. The standard InChI is InChI=1S/C21H21N5O4S/c27-19(28)11-14-5-7-15(8-6-14)18-13-23-21-25-16-3-1-4-17(12-16)31(29,30)24-10-2-9-22-20(18)26-21/h1,3-8,12-13,24H,2,9-11H2,(H,27,28)(H2,22,23,25,26). The number of aromatic nitrogens is 2. The number of carbonyl (C=O) groups is 1. The molecule has 1 aliphatic rings. The minimum atomic E-state index is -3.60. The largest absolute Gasteiger partial charge is 0.481 e. The van der Waals surface area contributed by atoms with Crippen molar-refractivity contribution in [3.8, 4) is 11.1 Å². The lowest BCUT2D eigenvalue weighted by molar-refractivity contribution is -0.136.